The van der Waals surface area contributed by atoms with Gasteiger partial charge in [-0.05, 0) is 12.8 Å². The Kier molecular flexibility index (Phi) is 5.34. The average molecular weight is 383 g/mol. The number of aromatic nitrogens is 3. The summed E-state index contributed by atoms with van der Waals surface area (Å²) in [4.78, 5) is 18.1. The molecule has 28 heavy (non-hydrogen) atoms. The summed E-state index contributed by atoms with van der Waals surface area (Å²) in [5, 5.41) is 10.7. The predicted octanol–water partition coefficient (Wildman–Crippen LogP) is 2.92. The average Bonchev–Trinajstić information content (AvgIpc) is 3.47. The van der Waals surface area contributed by atoms with Crippen LogP contribution in [-0.2, 0) is 17.8 Å². The number of rotatable bonds is 6. The molecule has 1 atom stereocenters. The maximum atomic E-state index is 12.3. The van der Waals surface area contributed by atoms with Gasteiger partial charge in [0, 0.05) is 25.3 Å². The fourth-order valence-electron chi connectivity index (χ4n) is 2.97. The van der Waals surface area contributed by atoms with Crippen LogP contribution in [0.5, 0.6) is 0 Å². The van der Waals surface area contributed by atoms with E-state index in [1.807, 2.05) is 36.4 Å². The van der Waals surface area contributed by atoms with E-state index in [2.05, 4.69) is 20.6 Å². The second-order valence-corrected chi connectivity index (χ2v) is 6.61. The van der Waals surface area contributed by atoms with E-state index in [1.54, 1.807) is 7.05 Å². The van der Waals surface area contributed by atoms with E-state index >= 15 is 0 Å². The quantitative estimate of drug-likeness (QED) is 0.697. The van der Waals surface area contributed by atoms with Crippen molar-refractivity contribution >= 4 is 6.03 Å². The Morgan fingerprint density at radius 2 is 2.11 bits per heavy atom. The van der Waals surface area contributed by atoms with Crippen LogP contribution in [0.25, 0.3) is 11.3 Å². The highest BCUT2D eigenvalue weighted by Gasteiger charge is 2.24. The highest BCUT2D eigenvalue weighted by Crippen LogP contribution is 2.26. The topological polar surface area (TPSA) is 107 Å². The van der Waals surface area contributed by atoms with Gasteiger partial charge in [-0.3, -0.25) is 0 Å². The molecule has 9 heteroatoms. The Labute approximate surface area is 161 Å². The predicted molar refractivity (Wildman–Crippen MR) is 97.9 cm³/mol. The molecule has 3 aromatic rings. The third-order valence-electron chi connectivity index (χ3n) is 4.45. The van der Waals surface area contributed by atoms with E-state index in [0.29, 0.717) is 36.3 Å². The minimum atomic E-state index is -0.271. The standard InChI is InChI=1S/C19H21N5O4/c1-24(12-14-10-16(27-22-14)13-6-3-2-4-7-13)19(25)20-11-17-21-18(28-23-17)15-8-5-9-26-15/h2-4,6-7,10,15H,5,8-9,11-12H2,1H3,(H,20,25). The van der Waals surface area contributed by atoms with Crippen molar-refractivity contribution in [2.75, 3.05) is 13.7 Å². The zero-order valence-electron chi connectivity index (χ0n) is 15.5. The molecule has 2 amide bonds. The smallest absolute Gasteiger partial charge is 0.317 e. The fourth-order valence-corrected chi connectivity index (χ4v) is 2.97. The molecular weight excluding hydrogens is 362 g/mol. The van der Waals surface area contributed by atoms with E-state index in [9.17, 15) is 4.79 Å². The maximum Gasteiger partial charge on any atom is 0.317 e. The third-order valence-corrected chi connectivity index (χ3v) is 4.45. The van der Waals surface area contributed by atoms with Gasteiger partial charge in [-0.2, -0.15) is 4.98 Å². The van der Waals surface area contributed by atoms with Gasteiger partial charge in [-0.1, -0.05) is 40.6 Å². The van der Waals surface area contributed by atoms with Gasteiger partial charge < -0.3 is 24.0 Å². The van der Waals surface area contributed by atoms with Crippen molar-refractivity contribution < 1.29 is 18.6 Å². The summed E-state index contributed by atoms with van der Waals surface area (Å²) in [6.45, 7) is 1.20. The molecule has 1 fully saturated rings. The Bertz CT molecular complexity index is 917. The van der Waals surface area contributed by atoms with Crippen LogP contribution in [0.15, 0.2) is 45.4 Å². The van der Waals surface area contributed by atoms with E-state index < -0.39 is 0 Å². The summed E-state index contributed by atoms with van der Waals surface area (Å²) in [6.07, 6.45) is 1.72. The number of nitrogens with zero attached hydrogens (tertiary/aromatic N) is 4. The molecule has 146 valence electrons. The number of amides is 2. The monoisotopic (exact) mass is 383 g/mol. The van der Waals surface area contributed by atoms with Crippen molar-refractivity contribution in [2.24, 2.45) is 0 Å². The van der Waals surface area contributed by atoms with E-state index in [4.69, 9.17) is 13.8 Å². The Hall–Kier alpha value is -3.20. The van der Waals surface area contributed by atoms with Crippen LogP contribution in [0.4, 0.5) is 4.79 Å². The Balaban J connectivity index is 1.28. The third kappa shape index (κ3) is 4.20. The lowest BCUT2D eigenvalue weighted by atomic mass is 10.1. The van der Waals surface area contributed by atoms with Crippen LogP contribution in [-0.4, -0.2) is 39.9 Å². The SMILES string of the molecule is CN(Cc1cc(-c2ccccc2)on1)C(=O)NCc1noc(C2CCCO2)n1. The number of carbonyl (C=O) groups is 1. The first-order chi connectivity index (χ1) is 13.7. The molecular formula is C19H21N5O4. The summed E-state index contributed by atoms with van der Waals surface area (Å²) < 4.78 is 16.1. The lowest BCUT2D eigenvalue weighted by molar-refractivity contribution is 0.0835. The van der Waals surface area contributed by atoms with Crippen LogP contribution >= 0.6 is 0 Å². The first kappa shape index (κ1) is 18.2. The molecule has 0 spiro atoms. The molecule has 1 aliphatic heterocycles. The molecule has 1 unspecified atom stereocenters. The highest BCUT2D eigenvalue weighted by atomic mass is 16.5. The minimum Gasteiger partial charge on any atom is -0.368 e. The van der Waals surface area contributed by atoms with E-state index in [-0.39, 0.29) is 18.7 Å². The number of ether oxygens (including phenoxy) is 1. The normalized spacial score (nSPS) is 16.2. The Morgan fingerprint density at radius 3 is 2.89 bits per heavy atom. The summed E-state index contributed by atoms with van der Waals surface area (Å²) in [6, 6.07) is 11.2. The molecule has 2 aromatic heterocycles. The molecule has 0 aliphatic carbocycles. The molecule has 1 aliphatic rings. The van der Waals surface area contributed by atoms with Gasteiger partial charge in [-0.25, -0.2) is 4.79 Å². The molecule has 4 rings (SSSR count). The number of hydrogen-bond acceptors (Lipinski definition) is 7. The van der Waals surface area contributed by atoms with Crippen molar-refractivity contribution in [3.8, 4) is 11.3 Å². The number of benzene rings is 1. The van der Waals surface area contributed by atoms with Crippen LogP contribution in [0, 0.1) is 0 Å². The van der Waals surface area contributed by atoms with Crippen LogP contribution in [0.2, 0.25) is 0 Å². The number of carbonyl (C=O) groups excluding carboxylic acids is 1. The number of urea groups is 1. The van der Waals surface area contributed by atoms with Crippen molar-refractivity contribution in [1.29, 1.82) is 0 Å². The van der Waals surface area contributed by atoms with Gasteiger partial charge >= 0.3 is 6.03 Å². The van der Waals surface area contributed by atoms with Gasteiger partial charge in [0.05, 0.1) is 13.1 Å². The minimum absolute atomic E-state index is 0.134. The Morgan fingerprint density at radius 1 is 1.25 bits per heavy atom. The summed E-state index contributed by atoms with van der Waals surface area (Å²) >= 11 is 0. The molecule has 3 heterocycles. The zero-order chi connectivity index (χ0) is 19.3. The summed E-state index contributed by atoms with van der Waals surface area (Å²) in [5.74, 6) is 1.55. The van der Waals surface area contributed by atoms with Gasteiger partial charge in [0.1, 0.15) is 11.8 Å². The van der Waals surface area contributed by atoms with Gasteiger partial charge in [0.25, 0.3) is 5.89 Å². The molecule has 1 aromatic carbocycles. The lowest BCUT2D eigenvalue weighted by Gasteiger charge is -2.15. The zero-order valence-corrected chi connectivity index (χ0v) is 15.5. The second-order valence-electron chi connectivity index (χ2n) is 6.61. The fraction of sp³-hybridized carbons (Fsp3) is 0.368. The van der Waals surface area contributed by atoms with E-state index in [1.165, 1.54) is 4.90 Å². The van der Waals surface area contributed by atoms with Crippen LogP contribution in [0.3, 0.4) is 0 Å². The molecule has 0 radical (unpaired) electrons. The largest absolute Gasteiger partial charge is 0.368 e. The summed E-state index contributed by atoms with van der Waals surface area (Å²) in [7, 11) is 1.68. The van der Waals surface area contributed by atoms with Gasteiger partial charge in [0.2, 0.25) is 0 Å². The van der Waals surface area contributed by atoms with Crippen molar-refractivity contribution in [3.63, 3.8) is 0 Å². The van der Waals surface area contributed by atoms with Crippen molar-refractivity contribution in [3.05, 3.63) is 53.8 Å². The lowest BCUT2D eigenvalue weighted by Crippen LogP contribution is -2.36. The number of hydrogen-bond donors (Lipinski definition) is 1. The second kappa shape index (κ2) is 8.22. The highest BCUT2D eigenvalue weighted by molar-refractivity contribution is 5.73. The molecule has 0 bridgehead atoms. The van der Waals surface area contributed by atoms with Crippen molar-refractivity contribution in [1.82, 2.24) is 25.5 Å². The molecule has 1 saturated heterocycles. The van der Waals surface area contributed by atoms with Crippen molar-refractivity contribution in [2.45, 2.75) is 32.0 Å². The first-order valence-electron chi connectivity index (χ1n) is 9.13. The van der Waals surface area contributed by atoms with Crippen LogP contribution < -0.4 is 5.32 Å². The molecule has 1 N–H and O–H groups in total. The number of nitrogens with one attached hydrogen (secondary N) is 1. The molecule has 9 nitrogen and oxygen atoms in total. The maximum absolute atomic E-state index is 12.3. The van der Waals surface area contributed by atoms with Gasteiger partial charge in [0.15, 0.2) is 11.6 Å². The molecule has 0 saturated carbocycles. The van der Waals surface area contributed by atoms with Gasteiger partial charge in [-0.15, -0.1) is 0 Å². The first-order valence-corrected chi connectivity index (χ1v) is 9.13. The van der Waals surface area contributed by atoms with E-state index in [0.717, 1.165) is 18.4 Å². The van der Waals surface area contributed by atoms with Crippen LogP contribution in [0.1, 0.15) is 36.4 Å². The summed E-state index contributed by atoms with van der Waals surface area (Å²) in [5.41, 5.74) is 1.60.